The number of amides is 2. The summed E-state index contributed by atoms with van der Waals surface area (Å²) in [5, 5.41) is 2.12. The highest BCUT2D eigenvalue weighted by molar-refractivity contribution is 6.30. The SMILES string of the molecule is CC(=O)N(CC(=O)Nc1ccc(Cl)cc1C(F)(F)F)c1cc(C)cc(C)c1. The van der Waals surface area contributed by atoms with Gasteiger partial charge in [-0.05, 0) is 55.3 Å². The maximum absolute atomic E-state index is 13.1. The van der Waals surface area contributed by atoms with E-state index >= 15 is 0 Å². The fourth-order valence-electron chi connectivity index (χ4n) is 2.68. The monoisotopic (exact) mass is 398 g/mol. The molecule has 2 aromatic carbocycles. The Labute approximate surface area is 159 Å². The van der Waals surface area contributed by atoms with Gasteiger partial charge >= 0.3 is 6.18 Å². The van der Waals surface area contributed by atoms with Gasteiger partial charge in [-0.3, -0.25) is 9.59 Å². The van der Waals surface area contributed by atoms with Crippen molar-refractivity contribution in [2.75, 3.05) is 16.8 Å². The summed E-state index contributed by atoms with van der Waals surface area (Å²) < 4.78 is 39.4. The van der Waals surface area contributed by atoms with E-state index in [0.29, 0.717) is 5.69 Å². The van der Waals surface area contributed by atoms with Crippen molar-refractivity contribution in [1.82, 2.24) is 0 Å². The lowest BCUT2D eigenvalue weighted by Crippen LogP contribution is -2.37. The number of aryl methyl sites for hydroxylation is 2. The van der Waals surface area contributed by atoms with Crippen LogP contribution in [0.4, 0.5) is 24.5 Å². The van der Waals surface area contributed by atoms with Crippen molar-refractivity contribution in [3.8, 4) is 0 Å². The molecule has 1 N–H and O–H groups in total. The van der Waals surface area contributed by atoms with Crippen molar-refractivity contribution in [3.05, 3.63) is 58.1 Å². The normalized spacial score (nSPS) is 11.2. The summed E-state index contributed by atoms with van der Waals surface area (Å²) in [7, 11) is 0. The summed E-state index contributed by atoms with van der Waals surface area (Å²) in [4.78, 5) is 25.5. The molecule has 0 spiro atoms. The molecule has 0 saturated carbocycles. The van der Waals surface area contributed by atoms with Crippen LogP contribution in [-0.2, 0) is 15.8 Å². The van der Waals surface area contributed by atoms with E-state index in [2.05, 4.69) is 5.32 Å². The maximum Gasteiger partial charge on any atom is 0.418 e. The fraction of sp³-hybridized carbons (Fsp3) is 0.263. The highest BCUT2D eigenvalue weighted by Crippen LogP contribution is 2.36. The molecule has 2 amide bonds. The van der Waals surface area contributed by atoms with Gasteiger partial charge in [0.1, 0.15) is 6.54 Å². The lowest BCUT2D eigenvalue weighted by molar-refractivity contribution is -0.137. The first-order chi connectivity index (χ1) is 12.5. The third-order valence-corrected chi connectivity index (χ3v) is 4.00. The number of hydrogen-bond acceptors (Lipinski definition) is 2. The lowest BCUT2D eigenvalue weighted by Gasteiger charge is -2.22. The van der Waals surface area contributed by atoms with Crippen molar-refractivity contribution in [3.63, 3.8) is 0 Å². The van der Waals surface area contributed by atoms with Gasteiger partial charge in [0.25, 0.3) is 0 Å². The number of anilines is 2. The van der Waals surface area contributed by atoms with Crippen LogP contribution in [0.15, 0.2) is 36.4 Å². The van der Waals surface area contributed by atoms with Crippen LogP contribution in [0.1, 0.15) is 23.6 Å². The van der Waals surface area contributed by atoms with Crippen LogP contribution in [-0.4, -0.2) is 18.4 Å². The Morgan fingerprint density at radius 2 is 1.67 bits per heavy atom. The van der Waals surface area contributed by atoms with Gasteiger partial charge in [-0.1, -0.05) is 17.7 Å². The van der Waals surface area contributed by atoms with Gasteiger partial charge in [0.05, 0.1) is 11.3 Å². The maximum atomic E-state index is 13.1. The number of rotatable bonds is 4. The number of halogens is 4. The molecular weight excluding hydrogens is 381 g/mol. The predicted molar refractivity (Wildman–Crippen MR) is 99.0 cm³/mol. The first-order valence-electron chi connectivity index (χ1n) is 8.00. The Morgan fingerprint density at radius 3 is 2.19 bits per heavy atom. The number of carbonyl (C=O) groups excluding carboxylic acids is 2. The smallest absolute Gasteiger partial charge is 0.324 e. The summed E-state index contributed by atoms with van der Waals surface area (Å²) >= 11 is 5.63. The van der Waals surface area contributed by atoms with Crippen LogP contribution < -0.4 is 10.2 Å². The Morgan fingerprint density at radius 1 is 1.07 bits per heavy atom. The van der Waals surface area contributed by atoms with Gasteiger partial charge < -0.3 is 10.2 Å². The summed E-state index contributed by atoms with van der Waals surface area (Å²) in [5.74, 6) is -1.15. The van der Waals surface area contributed by atoms with Crippen molar-refractivity contribution in [2.45, 2.75) is 26.9 Å². The molecule has 2 rings (SSSR count). The van der Waals surface area contributed by atoms with E-state index in [1.807, 2.05) is 19.9 Å². The number of hydrogen-bond donors (Lipinski definition) is 1. The molecule has 0 aromatic heterocycles. The molecular formula is C19H18ClF3N2O2. The first kappa shape index (κ1) is 20.8. The standard InChI is InChI=1S/C19H18ClF3N2O2/c1-11-6-12(2)8-15(7-11)25(13(3)26)10-18(27)24-17-5-4-14(20)9-16(17)19(21,22)23/h4-9H,10H2,1-3H3,(H,24,27). The van der Waals surface area contributed by atoms with Gasteiger partial charge in [-0.15, -0.1) is 0 Å². The average Bonchev–Trinajstić information content (AvgIpc) is 2.52. The topological polar surface area (TPSA) is 49.4 Å². The van der Waals surface area contributed by atoms with Crippen LogP contribution in [0.25, 0.3) is 0 Å². The molecule has 144 valence electrons. The second kappa shape index (κ2) is 8.00. The molecule has 27 heavy (non-hydrogen) atoms. The van der Waals surface area contributed by atoms with Gasteiger partial charge in [0.15, 0.2) is 0 Å². The van der Waals surface area contributed by atoms with Gasteiger partial charge in [0.2, 0.25) is 11.8 Å². The number of nitrogens with zero attached hydrogens (tertiary/aromatic N) is 1. The van der Waals surface area contributed by atoms with E-state index in [-0.39, 0.29) is 5.02 Å². The molecule has 0 bridgehead atoms. The molecule has 0 aliphatic heterocycles. The Bertz CT molecular complexity index is 861. The Kier molecular flexibility index (Phi) is 6.15. The highest BCUT2D eigenvalue weighted by Gasteiger charge is 2.34. The minimum atomic E-state index is -4.68. The molecule has 2 aromatic rings. The summed E-state index contributed by atoms with van der Waals surface area (Å²) in [6.45, 7) is 4.56. The van der Waals surface area contributed by atoms with Crippen LogP contribution in [0.3, 0.4) is 0 Å². The fourth-order valence-corrected chi connectivity index (χ4v) is 2.86. The number of nitrogens with one attached hydrogen (secondary N) is 1. The molecule has 0 atom stereocenters. The van der Waals surface area contributed by atoms with E-state index < -0.39 is 35.8 Å². The van der Waals surface area contributed by atoms with E-state index in [4.69, 9.17) is 11.6 Å². The van der Waals surface area contributed by atoms with E-state index in [1.54, 1.807) is 12.1 Å². The quantitative estimate of drug-likeness (QED) is 0.790. The van der Waals surface area contributed by atoms with Crippen molar-refractivity contribution >= 4 is 34.8 Å². The largest absolute Gasteiger partial charge is 0.418 e. The molecule has 0 radical (unpaired) electrons. The van der Waals surface area contributed by atoms with E-state index in [0.717, 1.165) is 23.3 Å². The number of carbonyl (C=O) groups is 2. The molecule has 0 aliphatic rings. The van der Waals surface area contributed by atoms with E-state index in [9.17, 15) is 22.8 Å². The minimum absolute atomic E-state index is 0.0964. The highest BCUT2D eigenvalue weighted by atomic mass is 35.5. The second-order valence-electron chi connectivity index (χ2n) is 6.19. The van der Waals surface area contributed by atoms with Crippen LogP contribution in [0.2, 0.25) is 5.02 Å². The molecule has 0 unspecified atom stereocenters. The summed E-state index contributed by atoms with van der Waals surface area (Å²) in [6, 6.07) is 8.43. The molecule has 4 nitrogen and oxygen atoms in total. The van der Waals surface area contributed by atoms with Crippen molar-refractivity contribution in [2.24, 2.45) is 0 Å². The molecule has 0 fully saturated rings. The van der Waals surface area contributed by atoms with Crippen LogP contribution in [0.5, 0.6) is 0 Å². The van der Waals surface area contributed by atoms with Gasteiger partial charge in [-0.25, -0.2) is 0 Å². The lowest BCUT2D eigenvalue weighted by atomic mass is 10.1. The average molecular weight is 399 g/mol. The Balaban J connectivity index is 2.26. The Hall–Kier alpha value is -2.54. The zero-order chi connectivity index (χ0) is 20.4. The van der Waals surface area contributed by atoms with Gasteiger partial charge in [-0.2, -0.15) is 13.2 Å². The zero-order valence-corrected chi connectivity index (χ0v) is 15.7. The third kappa shape index (κ3) is 5.47. The summed E-state index contributed by atoms with van der Waals surface area (Å²) in [6.07, 6.45) is -4.68. The van der Waals surface area contributed by atoms with Crippen LogP contribution in [0, 0.1) is 13.8 Å². The van der Waals surface area contributed by atoms with Gasteiger partial charge in [0, 0.05) is 17.6 Å². The van der Waals surface area contributed by atoms with Crippen molar-refractivity contribution < 1.29 is 22.8 Å². The van der Waals surface area contributed by atoms with Crippen molar-refractivity contribution in [1.29, 1.82) is 0 Å². The second-order valence-corrected chi connectivity index (χ2v) is 6.62. The zero-order valence-electron chi connectivity index (χ0n) is 14.9. The molecule has 0 heterocycles. The van der Waals surface area contributed by atoms with Crippen LogP contribution >= 0.6 is 11.6 Å². The molecule has 8 heteroatoms. The molecule has 0 saturated heterocycles. The minimum Gasteiger partial charge on any atom is -0.324 e. The summed E-state index contributed by atoms with van der Waals surface area (Å²) in [5.41, 5.74) is 0.828. The number of alkyl halides is 3. The number of benzene rings is 2. The first-order valence-corrected chi connectivity index (χ1v) is 8.38. The molecule has 0 aliphatic carbocycles. The predicted octanol–water partition coefficient (Wildman–Crippen LogP) is 4.97. The van der Waals surface area contributed by atoms with E-state index in [1.165, 1.54) is 17.9 Å². The third-order valence-electron chi connectivity index (χ3n) is 3.76.